The molecule has 3 aromatic heterocycles. The maximum absolute atomic E-state index is 11.5. The molecule has 6 rings (SSSR count). The van der Waals surface area contributed by atoms with Crippen molar-refractivity contribution in [1.82, 2.24) is 25.3 Å². The summed E-state index contributed by atoms with van der Waals surface area (Å²) in [7, 11) is 0. The van der Waals surface area contributed by atoms with Gasteiger partial charge in [0.25, 0.3) is 0 Å². The minimum Gasteiger partial charge on any atom is -0.481 e. The van der Waals surface area contributed by atoms with Crippen LogP contribution in [0.5, 0.6) is 0 Å². The van der Waals surface area contributed by atoms with E-state index in [4.69, 9.17) is 20.2 Å². The maximum atomic E-state index is 11.5. The van der Waals surface area contributed by atoms with Gasteiger partial charge in [0.05, 0.1) is 28.9 Å². The number of aromatic nitrogens is 4. The maximum Gasteiger partial charge on any atom is 0.320 e. The fourth-order valence-corrected chi connectivity index (χ4v) is 6.67. The zero-order valence-corrected chi connectivity index (χ0v) is 29.2. The predicted molar refractivity (Wildman–Crippen MR) is 199 cm³/mol. The third kappa shape index (κ3) is 7.77. The second kappa shape index (κ2) is 15.1. The molecule has 3 aliphatic rings. The molecule has 51 heavy (non-hydrogen) atoms. The smallest absolute Gasteiger partial charge is 0.320 e. The largest absolute Gasteiger partial charge is 0.481 e. The highest BCUT2D eigenvalue weighted by molar-refractivity contribution is 5.98. The van der Waals surface area contributed by atoms with Gasteiger partial charge in [-0.1, -0.05) is 25.3 Å². The number of carboxylic acid groups (broad SMARTS) is 3. The van der Waals surface area contributed by atoms with Gasteiger partial charge in [-0.3, -0.25) is 14.4 Å². The summed E-state index contributed by atoms with van der Waals surface area (Å²) in [6.07, 6.45) is 4.07. The third-order valence-corrected chi connectivity index (χ3v) is 9.63. The number of allylic oxidation sites excluding steroid dienone is 5. The Hall–Kier alpha value is -5.59. The monoisotopic (exact) mass is 693 g/mol. The van der Waals surface area contributed by atoms with Crippen LogP contribution in [0.1, 0.15) is 84.6 Å². The average Bonchev–Trinajstić information content (AvgIpc) is 3.85. The topological polar surface area (TPSA) is 202 Å². The fourth-order valence-electron chi connectivity index (χ4n) is 6.67. The number of carbonyl (C=O) groups is 3. The van der Waals surface area contributed by atoms with E-state index in [1.807, 2.05) is 58.0 Å². The highest BCUT2D eigenvalue weighted by atomic mass is 16.4. The summed E-state index contributed by atoms with van der Waals surface area (Å²) in [5, 5.41) is 38.7. The summed E-state index contributed by atoms with van der Waals surface area (Å²) in [5.41, 5.74) is 13.7. The minimum absolute atomic E-state index is 0.0259. The van der Waals surface area contributed by atoms with Crippen molar-refractivity contribution in [3.63, 3.8) is 0 Å². The second-order valence-electron chi connectivity index (χ2n) is 12.9. The Morgan fingerprint density at radius 2 is 1.33 bits per heavy atom. The van der Waals surface area contributed by atoms with Crippen molar-refractivity contribution in [3.05, 3.63) is 88.5 Å². The van der Waals surface area contributed by atoms with Crippen molar-refractivity contribution >= 4 is 68.3 Å². The van der Waals surface area contributed by atoms with Crippen LogP contribution in [0.25, 0.3) is 50.4 Å². The first-order chi connectivity index (χ1) is 24.2. The number of aryl methyl sites for hydroxylation is 3. The van der Waals surface area contributed by atoms with E-state index < -0.39 is 30.1 Å². The number of fused-ring (bicyclic) bond motifs is 8. The summed E-state index contributed by atoms with van der Waals surface area (Å²) < 4.78 is 0. The summed E-state index contributed by atoms with van der Waals surface area (Å²) in [5.74, 6) is -2.65. The Bertz CT molecular complexity index is 2190. The molecule has 12 nitrogen and oxygen atoms in total. The van der Waals surface area contributed by atoms with Crippen LogP contribution in [0.2, 0.25) is 0 Å². The van der Waals surface area contributed by atoms with Crippen LogP contribution in [0, 0.1) is 13.8 Å². The Morgan fingerprint density at radius 3 is 1.92 bits per heavy atom. The molecule has 0 aliphatic carbocycles. The number of hydrogen-bond donors (Lipinski definition) is 7. The van der Waals surface area contributed by atoms with Gasteiger partial charge in [-0.15, -0.1) is 0 Å². The zero-order valence-electron chi connectivity index (χ0n) is 29.2. The van der Waals surface area contributed by atoms with Crippen LogP contribution < -0.4 is 5.32 Å². The molecular formula is C39H43N5O7. The molecule has 3 aromatic rings. The van der Waals surface area contributed by atoms with Gasteiger partial charge in [-0.2, -0.15) is 0 Å². The lowest BCUT2D eigenvalue weighted by atomic mass is 10.0. The van der Waals surface area contributed by atoms with Crippen LogP contribution >= 0.6 is 0 Å². The van der Waals surface area contributed by atoms with E-state index >= 15 is 0 Å². The molecule has 12 heteroatoms. The average molecular weight is 694 g/mol. The quantitative estimate of drug-likeness (QED) is 0.133. The van der Waals surface area contributed by atoms with E-state index in [0.29, 0.717) is 31.5 Å². The predicted octanol–water partition coefficient (Wildman–Crippen LogP) is 6.30. The van der Waals surface area contributed by atoms with Crippen LogP contribution in [-0.4, -0.2) is 77.0 Å². The molecule has 0 aromatic carbocycles. The first kappa shape index (κ1) is 36.7. The highest BCUT2D eigenvalue weighted by Crippen LogP contribution is 2.36. The molecule has 1 saturated heterocycles. The Balaban J connectivity index is 0.000000488. The van der Waals surface area contributed by atoms with E-state index in [-0.39, 0.29) is 12.8 Å². The second-order valence-corrected chi connectivity index (χ2v) is 12.9. The van der Waals surface area contributed by atoms with Crippen molar-refractivity contribution in [1.29, 1.82) is 0 Å². The Labute approximate surface area is 295 Å². The van der Waals surface area contributed by atoms with Gasteiger partial charge < -0.3 is 35.7 Å². The number of nitrogens with one attached hydrogen (secondary N) is 3. The fraction of sp³-hybridized carbons (Fsp3) is 0.308. The van der Waals surface area contributed by atoms with Crippen molar-refractivity contribution in [2.75, 3.05) is 6.54 Å². The van der Waals surface area contributed by atoms with E-state index in [0.717, 1.165) is 83.7 Å². The van der Waals surface area contributed by atoms with E-state index in [1.165, 1.54) is 0 Å². The Kier molecular flexibility index (Phi) is 10.9. The molecule has 2 atom stereocenters. The molecule has 7 N–H and O–H groups in total. The van der Waals surface area contributed by atoms with Crippen LogP contribution in [0.4, 0.5) is 0 Å². The first-order valence-corrected chi connectivity index (χ1v) is 16.7. The lowest BCUT2D eigenvalue weighted by Crippen LogP contribution is -2.29. The highest BCUT2D eigenvalue weighted by Gasteiger charge is 2.27. The molecule has 0 amide bonds. The molecule has 8 bridgehead atoms. The van der Waals surface area contributed by atoms with Gasteiger partial charge in [0.15, 0.2) is 0 Å². The summed E-state index contributed by atoms with van der Waals surface area (Å²) in [6.45, 7) is 16.4. The molecule has 0 saturated carbocycles. The lowest BCUT2D eigenvalue weighted by Gasteiger charge is -2.03. The number of H-pyrrole nitrogens is 2. The van der Waals surface area contributed by atoms with Gasteiger partial charge in [-0.25, -0.2) is 9.97 Å². The number of β-amino-alcohol motifs (C(OH)–C–C–N with tert-alkyl or cyclic N) is 1. The van der Waals surface area contributed by atoms with Crippen LogP contribution in [-0.2, 0) is 20.8 Å². The molecule has 0 radical (unpaired) electrons. The van der Waals surface area contributed by atoms with Gasteiger partial charge in [-0.05, 0) is 98.2 Å². The number of rotatable bonds is 9. The SMILES string of the molecule is C=CC1=C(C)c2cc3[nH]c(cc4nc(cc5[nH]c(cc1n2)c(C)c5CCC(=O)O)C(CCC(=O)O)=C4C)c(C)c3C=C.O=C(O)[C@@H]1C[C@@H](O)CN1. The number of nitrogens with zero attached hydrogens (tertiary/aromatic N) is 2. The minimum atomic E-state index is -0.883. The first-order valence-electron chi connectivity index (χ1n) is 16.7. The van der Waals surface area contributed by atoms with Gasteiger partial charge >= 0.3 is 17.9 Å². The van der Waals surface area contributed by atoms with E-state index in [1.54, 1.807) is 6.08 Å². The molecule has 0 spiro atoms. The van der Waals surface area contributed by atoms with Gasteiger partial charge in [0.1, 0.15) is 6.04 Å². The molecule has 0 unspecified atom stereocenters. The normalized spacial score (nSPS) is 16.9. The van der Waals surface area contributed by atoms with Gasteiger partial charge in [0.2, 0.25) is 0 Å². The molecular weight excluding hydrogens is 650 g/mol. The van der Waals surface area contributed by atoms with Crippen LogP contribution in [0.15, 0.2) is 43.5 Å². The summed E-state index contributed by atoms with van der Waals surface area (Å²) in [4.78, 5) is 50.2. The van der Waals surface area contributed by atoms with Gasteiger partial charge in [0, 0.05) is 59.0 Å². The molecule has 6 heterocycles. The third-order valence-electron chi connectivity index (χ3n) is 9.63. The molecule has 3 aliphatic heterocycles. The molecule has 266 valence electrons. The van der Waals surface area contributed by atoms with Crippen molar-refractivity contribution in [3.8, 4) is 0 Å². The number of aliphatic hydroxyl groups is 1. The van der Waals surface area contributed by atoms with E-state index in [2.05, 4.69) is 28.4 Å². The zero-order chi connectivity index (χ0) is 37.1. The molecule has 1 fully saturated rings. The van der Waals surface area contributed by atoms with Crippen molar-refractivity contribution < 1.29 is 34.8 Å². The number of aromatic amines is 2. The number of carboxylic acids is 3. The number of aliphatic hydroxyl groups excluding tert-OH is 1. The lowest BCUT2D eigenvalue weighted by molar-refractivity contribution is -0.139. The summed E-state index contributed by atoms with van der Waals surface area (Å²) in [6, 6.07) is 7.34. The number of hydrogen-bond acceptors (Lipinski definition) is 7. The standard InChI is InChI=1S/C34H34N4O4.C5H9NO3/c1-7-21-17(3)25-13-26-19(5)23(9-11-33(39)40)31(37-26)16-32-24(10-12-34(41)42)20(6)28(38-32)15-30-22(8-2)18(4)27(36-30)14-29(21)35-25;7-3-1-4(5(8)9)6-2-3/h7-8,13-16,35,38H,1-2,9-12H2,3-6H3,(H,39,40)(H,41,42);3-4,6-7H,1-2H2,(H,8,9)/t;3-,4+/m.1/s1. The van der Waals surface area contributed by atoms with Crippen LogP contribution in [0.3, 0.4) is 0 Å². The Morgan fingerprint density at radius 1 is 0.765 bits per heavy atom. The summed E-state index contributed by atoms with van der Waals surface area (Å²) >= 11 is 0. The van der Waals surface area contributed by atoms with Crippen molar-refractivity contribution in [2.24, 2.45) is 0 Å². The number of aliphatic carboxylic acids is 3. The van der Waals surface area contributed by atoms with Crippen molar-refractivity contribution in [2.45, 2.75) is 71.9 Å². The van der Waals surface area contributed by atoms with E-state index in [9.17, 15) is 24.6 Å².